The summed E-state index contributed by atoms with van der Waals surface area (Å²) in [6.45, 7) is 5.37. The molecular formula is C16H22ClN3S. The summed E-state index contributed by atoms with van der Waals surface area (Å²) < 4.78 is 0. The lowest BCUT2D eigenvalue weighted by Crippen LogP contribution is -2.37. The van der Waals surface area contributed by atoms with E-state index in [0.717, 1.165) is 23.6 Å². The first-order valence-corrected chi connectivity index (χ1v) is 9.15. The number of hydrogen-bond acceptors (Lipinski definition) is 4. The lowest BCUT2D eigenvalue weighted by molar-refractivity contribution is 0.417. The van der Waals surface area contributed by atoms with Crippen molar-refractivity contribution < 1.29 is 0 Å². The lowest BCUT2D eigenvalue weighted by atomic mass is 9.94. The average Bonchev–Trinajstić information content (AvgIpc) is 2.92. The number of fused-ring (bicyclic) bond motifs is 1. The first-order valence-electron chi connectivity index (χ1n) is 7.95. The second kappa shape index (κ2) is 6.49. The normalized spacial score (nSPS) is 16.5. The van der Waals surface area contributed by atoms with Gasteiger partial charge in [0, 0.05) is 17.5 Å². The summed E-state index contributed by atoms with van der Waals surface area (Å²) in [6, 6.07) is 2.85. The molecule has 2 aromatic rings. The van der Waals surface area contributed by atoms with Crippen LogP contribution in [0.4, 0.5) is 5.82 Å². The number of aryl methyl sites for hydroxylation is 1. The number of aromatic nitrogens is 2. The molecule has 2 heterocycles. The van der Waals surface area contributed by atoms with Crippen LogP contribution in [0.3, 0.4) is 0 Å². The highest BCUT2D eigenvalue weighted by atomic mass is 35.5. The van der Waals surface area contributed by atoms with E-state index in [4.69, 9.17) is 11.6 Å². The summed E-state index contributed by atoms with van der Waals surface area (Å²) in [5.74, 6) is 1.04. The van der Waals surface area contributed by atoms with Gasteiger partial charge in [0.15, 0.2) is 0 Å². The van der Waals surface area contributed by atoms with Crippen molar-refractivity contribution in [3.63, 3.8) is 0 Å². The van der Waals surface area contributed by atoms with E-state index in [-0.39, 0.29) is 0 Å². The molecule has 1 aliphatic rings. The van der Waals surface area contributed by atoms with Crippen LogP contribution in [0.5, 0.6) is 0 Å². The number of nitrogens with zero attached hydrogens (tertiary/aromatic N) is 3. The molecular weight excluding hydrogens is 302 g/mol. The molecule has 2 aromatic heterocycles. The van der Waals surface area contributed by atoms with Gasteiger partial charge in [-0.2, -0.15) is 4.98 Å². The second-order valence-corrected chi connectivity index (χ2v) is 7.13. The van der Waals surface area contributed by atoms with E-state index in [9.17, 15) is 0 Å². The summed E-state index contributed by atoms with van der Waals surface area (Å²) >= 11 is 7.91. The Balaban J connectivity index is 2.05. The molecule has 3 nitrogen and oxygen atoms in total. The largest absolute Gasteiger partial charge is 0.353 e. The number of rotatable bonds is 4. The van der Waals surface area contributed by atoms with Crippen molar-refractivity contribution >= 4 is 39.0 Å². The van der Waals surface area contributed by atoms with E-state index < -0.39 is 0 Å². The van der Waals surface area contributed by atoms with Gasteiger partial charge >= 0.3 is 0 Å². The van der Waals surface area contributed by atoms with Crippen molar-refractivity contribution in [1.82, 2.24) is 9.97 Å². The molecule has 0 bridgehead atoms. The summed E-state index contributed by atoms with van der Waals surface area (Å²) in [4.78, 5) is 13.8. The Hall–Kier alpha value is -0.870. The van der Waals surface area contributed by atoms with Crippen LogP contribution in [0.1, 0.15) is 50.8 Å². The van der Waals surface area contributed by atoms with E-state index in [1.54, 1.807) is 11.3 Å². The maximum Gasteiger partial charge on any atom is 0.225 e. The summed E-state index contributed by atoms with van der Waals surface area (Å²) in [7, 11) is 0. The highest BCUT2D eigenvalue weighted by molar-refractivity contribution is 7.18. The molecule has 0 unspecified atom stereocenters. The highest BCUT2D eigenvalue weighted by Gasteiger charge is 2.24. The molecule has 1 fully saturated rings. The number of thiophene rings is 1. The maximum atomic E-state index is 6.17. The van der Waals surface area contributed by atoms with E-state index in [0.29, 0.717) is 11.3 Å². The zero-order chi connectivity index (χ0) is 14.8. The monoisotopic (exact) mass is 323 g/mol. The van der Waals surface area contributed by atoms with Gasteiger partial charge in [0.2, 0.25) is 5.28 Å². The van der Waals surface area contributed by atoms with Crippen molar-refractivity contribution in [2.24, 2.45) is 0 Å². The second-order valence-electron chi connectivity index (χ2n) is 5.68. The molecule has 0 saturated heterocycles. The Kier molecular flexibility index (Phi) is 4.65. The third-order valence-electron chi connectivity index (χ3n) is 4.37. The van der Waals surface area contributed by atoms with Crippen LogP contribution in [0, 0.1) is 0 Å². The van der Waals surface area contributed by atoms with Crippen molar-refractivity contribution in [2.45, 2.75) is 58.4 Å². The topological polar surface area (TPSA) is 29.0 Å². The van der Waals surface area contributed by atoms with E-state index in [1.165, 1.54) is 42.4 Å². The Morgan fingerprint density at radius 3 is 2.67 bits per heavy atom. The molecule has 5 heteroatoms. The third-order valence-corrected chi connectivity index (χ3v) is 5.72. The standard InChI is InChI=1S/C16H22ClN3S/c1-3-12-10-13-14(18-16(17)19-15(13)21-12)20(4-2)11-8-6-5-7-9-11/h10-11H,3-9H2,1-2H3. The molecule has 0 atom stereocenters. The van der Waals surface area contributed by atoms with Crippen LogP contribution in [-0.4, -0.2) is 22.6 Å². The summed E-state index contributed by atoms with van der Waals surface area (Å²) in [6.07, 6.45) is 7.59. The number of halogens is 1. The molecule has 3 rings (SSSR count). The van der Waals surface area contributed by atoms with Gasteiger partial charge in [-0.3, -0.25) is 0 Å². The van der Waals surface area contributed by atoms with Crippen molar-refractivity contribution in [3.8, 4) is 0 Å². The van der Waals surface area contributed by atoms with Gasteiger partial charge in [-0.15, -0.1) is 11.3 Å². The minimum Gasteiger partial charge on any atom is -0.353 e. The first-order chi connectivity index (χ1) is 10.2. The molecule has 0 N–H and O–H groups in total. The van der Waals surface area contributed by atoms with Gasteiger partial charge in [0.1, 0.15) is 10.6 Å². The third kappa shape index (κ3) is 3.02. The molecule has 0 aromatic carbocycles. The smallest absolute Gasteiger partial charge is 0.225 e. The van der Waals surface area contributed by atoms with Gasteiger partial charge < -0.3 is 4.90 Å². The molecule has 0 aliphatic heterocycles. The zero-order valence-corrected chi connectivity index (χ0v) is 14.3. The number of hydrogen-bond donors (Lipinski definition) is 0. The van der Waals surface area contributed by atoms with E-state index >= 15 is 0 Å². The minimum absolute atomic E-state index is 0.372. The van der Waals surface area contributed by atoms with Crippen LogP contribution in [0.25, 0.3) is 10.2 Å². The predicted molar refractivity (Wildman–Crippen MR) is 91.7 cm³/mol. The summed E-state index contributed by atoms with van der Waals surface area (Å²) in [5, 5.41) is 1.55. The molecule has 1 aliphatic carbocycles. The van der Waals surface area contributed by atoms with Crippen molar-refractivity contribution in [3.05, 3.63) is 16.2 Å². The van der Waals surface area contributed by atoms with Crippen LogP contribution in [-0.2, 0) is 6.42 Å². The zero-order valence-electron chi connectivity index (χ0n) is 12.7. The predicted octanol–water partition coefficient (Wildman–Crippen LogP) is 5.07. The maximum absolute atomic E-state index is 6.17. The Morgan fingerprint density at radius 2 is 2.00 bits per heavy atom. The van der Waals surface area contributed by atoms with E-state index in [2.05, 4.69) is 34.8 Å². The minimum atomic E-state index is 0.372. The van der Waals surface area contributed by atoms with Crippen LogP contribution < -0.4 is 4.90 Å². The van der Waals surface area contributed by atoms with Crippen molar-refractivity contribution in [2.75, 3.05) is 11.4 Å². The Morgan fingerprint density at radius 1 is 1.24 bits per heavy atom. The highest BCUT2D eigenvalue weighted by Crippen LogP contribution is 2.35. The van der Waals surface area contributed by atoms with Gasteiger partial charge in [0.25, 0.3) is 0 Å². The Bertz CT molecular complexity index is 619. The van der Waals surface area contributed by atoms with Crippen LogP contribution in [0.15, 0.2) is 6.07 Å². The average molecular weight is 324 g/mol. The molecule has 21 heavy (non-hydrogen) atoms. The first kappa shape index (κ1) is 15.0. The Labute approximate surface area is 135 Å². The fourth-order valence-electron chi connectivity index (χ4n) is 3.30. The van der Waals surface area contributed by atoms with Crippen molar-refractivity contribution in [1.29, 1.82) is 0 Å². The van der Waals surface area contributed by atoms with Crippen LogP contribution >= 0.6 is 22.9 Å². The van der Waals surface area contributed by atoms with Gasteiger partial charge in [-0.05, 0) is 43.9 Å². The molecule has 1 saturated carbocycles. The lowest BCUT2D eigenvalue weighted by Gasteiger charge is -2.34. The molecule has 0 radical (unpaired) electrons. The van der Waals surface area contributed by atoms with Gasteiger partial charge in [-0.25, -0.2) is 4.98 Å². The van der Waals surface area contributed by atoms with Crippen LogP contribution in [0.2, 0.25) is 5.28 Å². The molecule has 0 spiro atoms. The fourth-order valence-corrected chi connectivity index (χ4v) is 4.47. The van der Waals surface area contributed by atoms with Gasteiger partial charge in [-0.1, -0.05) is 26.2 Å². The quantitative estimate of drug-likeness (QED) is 0.736. The molecule has 0 amide bonds. The summed E-state index contributed by atoms with van der Waals surface area (Å²) in [5.41, 5.74) is 0. The van der Waals surface area contributed by atoms with E-state index in [1.807, 2.05) is 0 Å². The number of anilines is 1. The fraction of sp³-hybridized carbons (Fsp3) is 0.625. The molecule has 114 valence electrons. The SMILES string of the molecule is CCc1cc2c(N(CC)C3CCCCC3)nc(Cl)nc2s1. The van der Waals surface area contributed by atoms with Gasteiger partial charge in [0.05, 0.1) is 5.39 Å².